The summed E-state index contributed by atoms with van der Waals surface area (Å²) in [6.45, 7) is -1.53. The minimum atomic E-state index is -5.04. The number of nitrogen functional groups attached to an aromatic ring is 1. The quantitative estimate of drug-likeness (QED) is 0.127. The molecule has 23 nitrogen and oxygen atoms in total. The Balaban J connectivity index is 1.16. The van der Waals surface area contributed by atoms with Crippen molar-refractivity contribution in [3.05, 3.63) is 28.7 Å². The molecule has 3 aromatic rings. The van der Waals surface area contributed by atoms with Crippen molar-refractivity contribution in [1.82, 2.24) is 29.1 Å². The van der Waals surface area contributed by atoms with Crippen LogP contribution in [0.4, 0.5) is 11.8 Å². The van der Waals surface area contributed by atoms with Crippen molar-refractivity contribution in [3.63, 3.8) is 0 Å². The number of H-pyrrole nitrogens is 1. The second-order valence-corrected chi connectivity index (χ2v) is 13.1. The van der Waals surface area contributed by atoms with Crippen LogP contribution in [0, 0.1) is 0 Å². The van der Waals surface area contributed by atoms with Gasteiger partial charge in [-0.15, -0.1) is 0 Å². The zero-order valence-electron chi connectivity index (χ0n) is 22.6. The Kier molecular flexibility index (Phi) is 7.35. The van der Waals surface area contributed by atoms with E-state index in [2.05, 4.69) is 30.2 Å². The van der Waals surface area contributed by atoms with Gasteiger partial charge in [0.15, 0.2) is 23.6 Å². The molecular weight excluding hydrogens is 650 g/mol. The third-order valence-corrected chi connectivity index (χ3v) is 9.43. The van der Waals surface area contributed by atoms with Crippen LogP contribution in [0.15, 0.2) is 22.4 Å². The normalized spacial score (nSPS) is 38.8. The topological polar surface area (TPSA) is 328 Å². The highest BCUT2D eigenvalue weighted by molar-refractivity contribution is 7.47. The number of aliphatic hydroxyl groups excluding tert-OH is 2. The van der Waals surface area contributed by atoms with Crippen LogP contribution in [0.5, 0.6) is 0 Å². The molecule has 7 rings (SSSR count). The van der Waals surface area contributed by atoms with E-state index in [9.17, 15) is 33.9 Å². The third kappa shape index (κ3) is 5.35. The maximum Gasteiger partial charge on any atom is 0.472 e. The van der Waals surface area contributed by atoms with Gasteiger partial charge in [-0.3, -0.25) is 37.0 Å². The second kappa shape index (κ2) is 10.9. The summed E-state index contributed by atoms with van der Waals surface area (Å²) >= 11 is 0. The van der Waals surface area contributed by atoms with Crippen LogP contribution in [-0.4, -0.2) is 111 Å². The molecule has 45 heavy (non-hydrogen) atoms. The lowest BCUT2D eigenvalue weighted by molar-refractivity contribution is -0.0666. The van der Waals surface area contributed by atoms with E-state index >= 15 is 0 Å². The van der Waals surface area contributed by atoms with Crippen LogP contribution in [0.2, 0.25) is 0 Å². The minimum absolute atomic E-state index is 0.0988. The molecule has 4 aliphatic heterocycles. The number of phosphoric acid groups is 2. The van der Waals surface area contributed by atoms with Crippen molar-refractivity contribution in [2.24, 2.45) is 10.7 Å². The number of ether oxygens (including phenoxy) is 2. The molecule has 4 aliphatic rings. The second-order valence-electron chi connectivity index (χ2n) is 10.3. The molecule has 0 amide bonds. The summed E-state index contributed by atoms with van der Waals surface area (Å²) in [6, 6.07) is 0. The van der Waals surface area contributed by atoms with Gasteiger partial charge in [0.25, 0.3) is 5.56 Å². The van der Waals surface area contributed by atoms with Crippen molar-refractivity contribution in [3.8, 4) is 0 Å². The largest absolute Gasteiger partial charge is 0.472 e. The van der Waals surface area contributed by atoms with E-state index in [1.165, 1.54) is 10.9 Å². The van der Waals surface area contributed by atoms with Gasteiger partial charge in [0.1, 0.15) is 60.6 Å². The third-order valence-electron chi connectivity index (χ3n) is 7.46. The average molecular weight is 676 g/mol. The Morgan fingerprint density at radius 2 is 1.49 bits per heavy atom. The van der Waals surface area contributed by atoms with Gasteiger partial charge in [0.05, 0.1) is 25.9 Å². The zero-order valence-corrected chi connectivity index (χ0v) is 24.4. The van der Waals surface area contributed by atoms with Crippen molar-refractivity contribution < 1.29 is 56.7 Å². The van der Waals surface area contributed by atoms with Gasteiger partial charge in [-0.2, -0.15) is 4.98 Å². The fraction of sp³-hybridized carbons (Fsp3) is 0.550. The van der Waals surface area contributed by atoms with E-state index in [0.717, 1.165) is 10.9 Å². The van der Waals surface area contributed by atoms with Crippen LogP contribution in [-0.2, 0) is 36.7 Å². The van der Waals surface area contributed by atoms with Gasteiger partial charge < -0.3 is 46.3 Å². The molecule has 4 unspecified atom stereocenters. The highest BCUT2D eigenvalue weighted by Gasteiger charge is 2.54. The number of aliphatic imine (C=N–C) groups is 1. The summed E-state index contributed by atoms with van der Waals surface area (Å²) in [5.41, 5.74) is 10.8. The van der Waals surface area contributed by atoms with Gasteiger partial charge in [-0.1, -0.05) is 0 Å². The highest BCUT2D eigenvalue weighted by Crippen LogP contribution is 2.53. The summed E-state index contributed by atoms with van der Waals surface area (Å²) in [6.07, 6.45) is -10.0. The number of aliphatic hydroxyl groups is 2. The summed E-state index contributed by atoms with van der Waals surface area (Å²) < 4.78 is 61.1. The molecule has 10 N–H and O–H groups in total. The molecule has 0 bridgehead atoms. The van der Waals surface area contributed by atoms with Crippen LogP contribution in [0.1, 0.15) is 18.1 Å². The number of imidazole rings is 2. The first-order chi connectivity index (χ1) is 21.3. The Bertz CT molecular complexity index is 1830. The van der Waals surface area contributed by atoms with E-state index in [4.69, 9.17) is 39.0 Å². The zero-order chi connectivity index (χ0) is 31.8. The number of nitrogens with two attached hydrogens (primary N) is 2. The lowest BCUT2D eigenvalue weighted by Gasteiger charge is -2.27. The lowest BCUT2D eigenvalue weighted by Crippen LogP contribution is -2.39. The Morgan fingerprint density at radius 1 is 0.911 bits per heavy atom. The van der Waals surface area contributed by atoms with Gasteiger partial charge in [-0.25, -0.2) is 24.1 Å². The molecule has 3 saturated heterocycles. The SMILES string of the molecule is NC1=NCNc2c1ncn2[C@@H]1O[C@@H]2COP(=O)(O)O[C@@H]3C(O)[C@H](n4cnc5c(=O)[nH]c(N)nc54)O[C@@H]3COP(=O)(O)OC2[C@@H]1O. The maximum atomic E-state index is 13.1. The molecule has 3 fully saturated rings. The minimum Gasteiger partial charge on any atom is -0.386 e. The summed E-state index contributed by atoms with van der Waals surface area (Å²) in [5.74, 6) is 0.185. The first-order valence-corrected chi connectivity index (χ1v) is 16.1. The molecule has 0 spiro atoms. The number of fused-ring (bicyclic) bond motifs is 4. The smallest absolute Gasteiger partial charge is 0.386 e. The molecule has 10 atom stereocenters. The fourth-order valence-electron chi connectivity index (χ4n) is 5.45. The van der Waals surface area contributed by atoms with Crippen molar-refractivity contribution in [2.75, 3.05) is 30.9 Å². The fourth-order valence-corrected chi connectivity index (χ4v) is 7.38. The van der Waals surface area contributed by atoms with E-state index in [1.54, 1.807) is 0 Å². The Morgan fingerprint density at radius 3 is 2.11 bits per heavy atom. The standard InChI is InChI=1S/C20H26N10O13P2/c21-14-8-15(24-3-23-14)29(4-25-8)18-10(31)12-6(40-18)1-38-45(36,37)43-13-7(2-39-44(34,35)42-12)41-19(11(13)32)30-5-26-9-16(30)27-20(22)28-17(9)33/h4-7,10-13,18-19,24,31-32H,1-3H2,(H2,21,23)(H,34,35)(H,36,37)(H3,22,27,28,33)/t6-,7-,10+,11?,12?,13+,18-,19-/m1/s1. The molecule has 3 aromatic heterocycles. The number of hydrogen-bond donors (Lipinski definition) is 8. The number of aromatic amines is 1. The number of hydrogen-bond acceptors (Lipinski definition) is 18. The van der Waals surface area contributed by atoms with Gasteiger partial charge >= 0.3 is 15.6 Å². The average Bonchev–Trinajstić information content (AvgIpc) is 3.72. The van der Waals surface area contributed by atoms with E-state index in [1.807, 2.05) is 0 Å². The first kappa shape index (κ1) is 30.3. The number of nitrogens with one attached hydrogen (secondary N) is 2. The molecule has 25 heteroatoms. The number of phosphoric ester groups is 2. The van der Waals surface area contributed by atoms with Gasteiger partial charge in [0.2, 0.25) is 5.95 Å². The number of aromatic nitrogens is 6. The highest BCUT2D eigenvalue weighted by atomic mass is 31.2. The summed E-state index contributed by atoms with van der Waals surface area (Å²) in [7, 11) is -10.1. The van der Waals surface area contributed by atoms with Crippen molar-refractivity contribution in [1.29, 1.82) is 0 Å². The molecular formula is C20H26N10O13P2. The van der Waals surface area contributed by atoms with Crippen LogP contribution < -0.4 is 22.3 Å². The van der Waals surface area contributed by atoms with Crippen LogP contribution >= 0.6 is 15.6 Å². The lowest BCUT2D eigenvalue weighted by atomic mass is 10.1. The molecule has 0 radical (unpaired) electrons. The van der Waals surface area contributed by atoms with Crippen molar-refractivity contribution in [2.45, 2.75) is 49.1 Å². The van der Waals surface area contributed by atoms with E-state index in [-0.39, 0.29) is 35.3 Å². The maximum absolute atomic E-state index is 13.1. The van der Waals surface area contributed by atoms with Gasteiger partial charge in [0, 0.05) is 0 Å². The predicted molar refractivity (Wildman–Crippen MR) is 145 cm³/mol. The molecule has 0 aromatic carbocycles. The summed E-state index contributed by atoms with van der Waals surface area (Å²) in [4.78, 5) is 51.8. The first-order valence-electron chi connectivity index (χ1n) is 13.1. The number of anilines is 2. The summed E-state index contributed by atoms with van der Waals surface area (Å²) in [5, 5.41) is 25.2. The number of amidine groups is 1. The van der Waals surface area contributed by atoms with Crippen molar-refractivity contribution >= 4 is 44.4 Å². The van der Waals surface area contributed by atoms with Gasteiger partial charge in [-0.05, 0) is 0 Å². The molecule has 244 valence electrons. The molecule has 0 aliphatic carbocycles. The number of rotatable bonds is 2. The monoisotopic (exact) mass is 676 g/mol. The molecule has 0 saturated carbocycles. The molecule has 7 heterocycles. The van der Waals surface area contributed by atoms with E-state index < -0.39 is 83.5 Å². The van der Waals surface area contributed by atoms with Crippen LogP contribution in [0.3, 0.4) is 0 Å². The Hall–Kier alpha value is -3.31. The van der Waals surface area contributed by atoms with Crippen LogP contribution in [0.25, 0.3) is 11.2 Å². The number of nitrogens with zero attached hydrogens (tertiary/aromatic N) is 6. The predicted octanol–water partition coefficient (Wildman–Crippen LogP) is -2.78. The Labute approximate surface area is 249 Å². The van der Waals surface area contributed by atoms with E-state index in [0.29, 0.717) is 5.82 Å².